The fourth-order valence-electron chi connectivity index (χ4n) is 2.74. The predicted octanol–water partition coefficient (Wildman–Crippen LogP) is 2.78. The molecular weight excluding hydrogens is 276 g/mol. The molecule has 2 aromatic rings. The summed E-state index contributed by atoms with van der Waals surface area (Å²) in [6.45, 7) is 4.66. The van der Waals surface area contributed by atoms with Crippen molar-refractivity contribution in [2.75, 3.05) is 39.1 Å². The molecule has 1 aliphatic rings. The quantitative estimate of drug-likeness (QED) is 0.882. The van der Waals surface area contributed by atoms with Crippen molar-refractivity contribution in [1.82, 2.24) is 4.90 Å². The molecule has 2 aromatic carbocycles. The van der Waals surface area contributed by atoms with Gasteiger partial charge >= 0.3 is 0 Å². The number of nitrogens with zero attached hydrogens (tertiary/aromatic N) is 1. The van der Waals surface area contributed by atoms with Gasteiger partial charge in [-0.1, -0.05) is 24.3 Å². The summed E-state index contributed by atoms with van der Waals surface area (Å²) in [5, 5.41) is 0. The van der Waals surface area contributed by atoms with Gasteiger partial charge in [-0.15, -0.1) is 0 Å². The number of rotatable bonds is 4. The zero-order valence-corrected chi connectivity index (χ0v) is 12.9. The van der Waals surface area contributed by atoms with Crippen LogP contribution in [0.5, 0.6) is 5.75 Å². The van der Waals surface area contributed by atoms with E-state index in [1.807, 2.05) is 18.2 Å². The average molecular weight is 298 g/mol. The maximum absolute atomic E-state index is 6.11. The highest BCUT2D eigenvalue weighted by atomic mass is 16.5. The Morgan fingerprint density at radius 1 is 1.09 bits per heavy atom. The van der Waals surface area contributed by atoms with E-state index in [0.717, 1.165) is 55.4 Å². The van der Waals surface area contributed by atoms with Gasteiger partial charge in [0.05, 0.1) is 20.3 Å². The van der Waals surface area contributed by atoms with E-state index in [0.29, 0.717) is 0 Å². The van der Waals surface area contributed by atoms with E-state index < -0.39 is 0 Å². The second kappa shape index (κ2) is 6.81. The fraction of sp³-hybridized carbons (Fsp3) is 0.333. The molecule has 0 bridgehead atoms. The summed E-state index contributed by atoms with van der Waals surface area (Å²) in [6.07, 6.45) is 0. The van der Waals surface area contributed by atoms with Crippen molar-refractivity contribution < 1.29 is 9.47 Å². The SMILES string of the molecule is COc1ccc(-c2ccc(CN3CCOCC3)cc2)c(N)c1. The van der Waals surface area contributed by atoms with Crippen LogP contribution in [-0.4, -0.2) is 38.3 Å². The van der Waals surface area contributed by atoms with Crippen molar-refractivity contribution in [3.05, 3.63) is 48.0 Å². The molecule has 0 aromatic heterocycles. The van der Waals surface area contributed by atoms with Crippen LogP contribution in [0.25, 0.3) is 11.1 Å². The molecule has 2 N–H and O–H groups in total. The van der Waals surface area contributed by atoms with Crippen LogP contribution in [0.3, 0.4) is 0 Å². The first-order valence-corrected chi connectivity index (χ1v) is 7.59. The van der Waals surface area contributed by atoms with Crippen LogP contribution in [0.4, 0.5) is 5.69 Å². The molecule has 116 valence electrons. The Kier molecular flexibility index (Phi) is 4.61. The second-order valence-corrected chi connectivity index (χ2v) is 5.54. The molecule has 0 radical (unpaired) electrons. The summed E-state index contributed by atoms with van der Waals surface area (Å²) in [4.78, 5) is 2.42. The number of ether oxygens (including phenoxy) is 2. The van der Waals surface area contributed by atoms with Crippen LogP contribution >= 0.6 is 0 Å². The summed E-state index contributed by atoms with van der Waals surface area (Å²) in [7, 11) is 1.65. The molecule has 0 amide bonds. The number of hydrogen-bond acceptors (Lipinski definition) is 4. The third-order valence-corrected chi connectivity index (χ3v) is 4.03. The van der Waals surface area contributed by atoms with Crippen molar-refractivity contribution >= 4 is 5.69 Å². The molecule has 0 aliphatic carbocycles. The molecule has 0 atom stereocenters. The summed E-state index contributed by atoms with van der Waals surface area (Å²) in [5.41, 5.74) is 10.3. The molecule has 0 spiro atoms. The van der Waals surface area contributed by atoms with Crippen LogP contribution < -0.4 is 10.5 Å². The maximum Gasteiger partial charge on any atom is 0.120 e. The summed E-state index contributed by atoms with van der Waals surface area (Å²) in [5.74, 6) is 0.783. The molecular formula is C18H22N2O2. The van der Waals surface area contributed by atoms with Gasteiger partial charge in [0.15, 0.2) is 0 Å². The zero-order chi connectivity index (χ0) is 15.4. The van der Waals surface area contributed by atoms with Gasteiger partial charge in [-0.05, 0) is 23.3 Å². The van der Waals surface area contributed by atoms with Gasteiger partial charge in [0, 0.05) is 37.0 Å². The van der Waals surface area contributed by atoms with Crippen LogP contribution in [0.2, 0.25) is 0 Å². The summed E-state index contributed by atoms with van der Waals surface area (Å²) >= 11 is 0. The van der Waals surface area contributed by atoms with E-state index in [2.05, 4.69) is 29.2 Å². The smallest absolute Gasteiger partial charge is 0.120 e. The Hall–Kier alpha value is -2.04. The van der Waals surface area contributed by atoms with Crippen molar-refractivity contribution in [2.45, 2.75) is 6.54 Å². The van der Waals surface area contributed by atoms with Gasteiger partial charge in [-0.25, -0.2) is 0 Å². The van der Waals surface area contributed by atoms with Gasteiger partial charge < -0.3 is 15.2 Å². The number of hydrogen-bond donors (Lipinski definition) is 1. The Labute approximate surface area is 131 Å². The Morgan fingerprint density at radius 2 is 1.82 bits per heavy atom. The molecule has 1 saturated heterocycles. The Bertz CT molecular complexity index is 619. The minimum absolute atomic E-state index is 0.736. The topological polar surface area (TPSA) is 47.7 Å². The van der Waals surface area contributed by atoms with E-state index >= 15 is 0 Å². The van der Waals surface area contributed by atoms with E-state index in [1.54, 1.807) is 7.11 Å². The van der Waals surface area contributed by atoms with Crippen LogP contribution in [0.1, 0.15) is 5.56 Å². The number of methoxy groups -OCH3 is 1. The largest absolute Gasteiger partial charge is 0.497 e. The number of anilines is 1. The predicted molar refractivity (Wildman–Crippen MR) is 88.9 cm³/mol. The van der Waals surface area contributed by atoms with Crippen LogP contribution in [0, 0.1) is 0 Å². The fourth-order valence-corrected chi connectivity index (χ4v) is 2.74. The van der Waals surface area contributed by atoms with Gasteiger partial charge in [0.1, 0.15) is 5.75 Å². The molecule has 22 heavy (non-hydrogen) atoms. The normalized spacial score (nSPS) is 15.7. The average Bonchev–Trinajstić information content (AvgIpc) is 2.56. The first kappa shape index (κ1) is 14.9. The highest BCUT2D eigenvalue weighted by Gasteiger charge is 2.11. The lowest BCUT2D eigenvalue weighted by molar-refractivity contribution is 0.0342. The number of morpholine rings is 1. The van der Waals surface area contributed by atoms with Gasteiger partial charge in [-0.2, -0.15) is 0 Å². The minimum Gasteiger partial charge on any atom is -0.497 e. The zero-order valence-electron chi connectivity index (χ0n) is 12.9. The van der Waals surface area contributed by atoms with E-state index in [4.69, 9.17) is 15.2 Å². The minimum atomic E-state index is 0.736. The number of nitrogens with two attached hydrogens (primary N) is 1. The third-order valence-electron chi connectivity index (χ3n) is 4.03. The first-order valence-electron chi connectivity index (χ1n) is 7.59. The van der Waals surface area contributed by atoms with Gasteiger partial charge in [0.2, 0.25) is 0 Å². The molecule has 4 heteroatoms. The highest BCUT2D eigenvalue weighted by molar-refractivity contribution is 5.77. The van der Waals surface area contributed by atoms with E-state index in [-0.39, 0.29) is 0 Å². The van der Waals surface area contributed by atoms with Crippen molar-refractivity contribution in [1.29, 1.82) is 0 Å². The van der Waals surface area contributed by atoms with Crippen molar-refractivity contribution in [2.24, 2.45) is 0 Å². The first-order chi connectivity index (χ1) is 10.8. The molecule has 1 aliphatic heterocycles. The summed E-state index contributed by atoms with van der Waals surface area (Å²) < 4.78 is 10.6. The molecule has 1 heterocycles. The molecule has 0 unspecified atom stereocenters. The van der Waals surface area contributed by atoms with Gasteiger partial charge in [-0.3, -0.25) is 4.90 Å². The van der Waals surface area contributed by atoms with E-state index in [1.165, 1.54) is 5.56 Å². The third kappa shape index (κ3) is 3.40. The lowest BCUT2D eigenvalue weighted by Gasteiger charge is -2.26. The molecule has 0 saturated carbocycles. The number of nitrogen functional groups attached to an aromatic ring is 1. The maximum atomic E-state index is 6.11. The molecule has 3 rings (SSSR count). The van der Waals surface area contributed by atoms with Crippen LogP contribution in [0.15, 0.2) is 42.5 Å². The van der Waals surface area contributed by atoms with E-state index in [9.17, 15) is 0 Å². The van der Waals surface area contributed by atoms with Crippen molar-refractivity contribution in [3.8, 4) is 16.9 Å². The van der Waals surface area contributed by atoms with Gasteiger partial charge in [0.25, 0.3) is 0 Å². The monoisotopic (exact) mass is 298 g/mol. The molecule has 1 fully saturated rings. The van der Waals surface area contributed by atoms with Crippen LogP contribution in [-0.2, 0) is 11.3 Å². The van der Waals surface area contributed by atoms with Crippen molar-refractivity contribution in [3.63, 3.8) is 0 Å². The lowest BCUT2D eigenvalue weighted by atomic mass is 10.0. The highest BCUT2D eigenvalue weighted by Crippen LogP contribution is 2.29. The second-order valence-electron chi connectivity index (χ2n) is 5.54. The number of benzene rings is 2. The molecule has 4 nitrogen and oxygen atoms in total. The Morgan fingerprint density at radius 3 is 2.45 bits per heavy atom. The summed E-state index contributed by atoms with van der Waals surface area (Å²) in [6, 6.07) is 14.4. The Balaban J connectivity index is 1.73. The standard InChI is InChI=1S/C18H22N2O2/c1-21-16-6-7-17(18(19)12-16)15-4-2-14(3-5-15)13-20-8-10-22-11-9-20/h2-7,12H,8-11,13,19H2,1H3. The lowest BCUT2D eigenvalue weighted by Crippen LogP contribution is -2.35.